The van der Waals surface area contributed by atoms with Crippen molar-refractivity contribution < 1.29 is 4.74 Å². The van der Waals surface area contributed by atoms with Crippen LogP contribution in [0.3, 0.4) is 0 Å². The van der Waals surface area contributed by atoms with E-state index in [0.29, 0.717) is 6.61 Å². The first-order valence-corrected chi connectivity index (χ1v) is 3.88. The molecule has 0 aliphatic rings. The average molecular weight is 154 g/mol. The fraction of sp³-hybridized carbons (Fsp3) is 0.625. The van der Waals surface area contributed by atoms with E-state index in [1.165, 1.54) is 5.56 Å². The summed E-state index contributed by atoms with van der Waals surface area (Å²) in [5.41, 5.74) is 2.38. The molecule has 0 unspecified atom stereocenters. The number of aryl methyl sites for hydroxylation is 1. The lowest BCUT2D eigenvalue weighted by Gasteiger charge is -1.98. The van der Waals surface area contributed by atoms with Gasteiger partial charge >= 0.3 is 0 Å². The van der Waals surface area contributed by atoms with Gasteiger partial charge in [-0.05, 0) is 12.0 Å². The van der Waals surface area contributed by atoms with Crippen molar-refractivity contribution in [1.29, 1.82) is 0 Å². The lowest BCUT2D eigenvalue weighted by Crippen LogP contribution is -1.93. The highest BCUT2D eigenvalue weighted by Crippen LogP contribution is 2.07. The summed E-state index contributed by atoms with van der Waals surface area (Å²) in [6.45, 7) is 2.79. The number of hydrogen-bond donors (Lipinski definition) is 1. The monoisotopic (exact) mass is 154 g/mol. The molecule has 1 rings (SSSR count). The summed E-state index contributed by atoms with van der Waals surface area (Å²) in [4.78, 5) is 0. The van der Waals surface area contributed by atoms with Gasteiger partial charge in [-0.1, -0.05) is 13.3 Å². The van der Waals surface area contributed by atoms with Crippen molar-refractivity contribution >= 4 is 0 Å². The van der Waals surface area contributed by atoms with Crippen LogP contribution < -0.4 is 0 Å². The van der Waals surface area contributed by atoms with E-state index >= 15 is 0 Å². The number of nitrogens with one attached hydrogen (secondary N) is 1. The highest BCUT2D eigenvalue weighted by Gasteiger charge is 2.01. The Balaban J connectivity index is 2.62. The Kier molecular flexibility index (Phi) is 3.11. The van der Waals surface area contributed by atoms with Gasteiger partial charge in [0, 0.05) is 7.11 Å². The molecule has 3 heteroatoms. The summed E-state index contributed by atoms with van der Waals surface area (Å²) in [5, 5.41) is 6.87. The van der Waals surface area contributed by atoms with E-state index in [1.807, 2.05) is 6.20 Å². The van der Waals surface area contributed by atoms with Crippen molar-refractivity contribution in [2.24, 2.45) is 0 Å². The molecule has 0 bridgehead atoms. The molecule has 11 heavy (non-hydrogen) atoms. The Morgan fingerprint density at radius 2 is 2.45 bits per heavy atom. The van der Waals surface area contributed by atoms with E-state index in [-0.39, 0.29) is 0 Å². The third kappa shape index (κ3) is 2.05. The number of nitrogens with zero attached hydrogens (tertiary/aromatic N) is 1. The average Bonchev–Trinajstić information content (AvgIpc) is 2.39. The minimum atomic E-state index is 0.634. The van der Waals surface area contributed by atoms with Crippen molar-refractivity contribution in [2.45, 2.75) is 26.4 Å². The zero-order chi connectivity index (χ0) is 8.10. The lowest BCUT2D eigenvalue weighted by molar-refractivity contribution is 0.180. The highest BCUT2D eigenvalue weighted by atomic mass is 16.5. The van der Waals surface area contributed by atoms with Gasteiger partial charge in [-0.25, -0.2) is 0 Å². The van der Waals surface area contributed by atoms with E-state index in [0.717, 1.165) is 18.5 Å². The molecule has 0 aromatic carbocycles. The molecule has 0 radical (unpaired) electrons. The molecular formula is C8H14N2O. The molecule has 62 valence electrons. The molecule has 0 atom stereocenters. The fourth-order valence-corrected chi connectivity index (χ4v) is 1.09. The van der Waals surface area contributed by atoms with Gasteiger partial charge in [-0.2, -0.15) is 5.10 Å². The standard InChI is InChI=1S/C8H14N2O/c1-3-4-7-5-9-10-8(7)6-11-2/h5H,3-4,6H2,1-2H3,(H,9,10). The topological polar surface area (TPSA) is 37.9 Å². The number of rotatable bonds is 4. The maximum Gasteiger partial charge on any atom is 0.0881 e. The zero-order valence-corrected chi connectivity index (χ0v) is 7.05. The SMILES string of the molecule is CCCc1cn[nH]c1COC. The van der Waals surface area contributed by atoms with Crippen molar-refractivity contribution in [2.75, 3.05) is 7.11 Å². The Labute approximate surface area is 66.8 Å². The predicted octanol–water partition coefficient (Wildman–Crippen LogP) is 1.51. The van der Waals surface area contributed by atoms with Crippen LogP contribution in [0.5, 0.6) is 0 Å². The molecule has 0 saturated heterocycles. The predicted molar refractivity (Wildman–Crippen MR) is 43.3 cm³/mol. The van der Waals surface area contributed by atoms with E-state index in [4.69, 9.17) is 4.74 Å². The Bertz CT molecular complexity index is 187. The second kappa shape index (κ2) is 4.13. The molecule has 0 aliphatic heterocycles. The minimum absolute atomic E-state index is 0.634. The molecular weight excluding hydrogens is 140 g/mol. The maximum absolute atomic E-state index is 5.00. The summed E-state index contributed by atoms with van der Waals surface area (Å²) in [7, 11) is 1.69. The summed E-state index contributed by atoms with van der Waals surface area (Å²) in [6.07, 6.45) is 4.10. The summed E-state index contributed by atoms with van der Waals surface area (Å²) < 4.78 is 5.00. The van der Waals surface area contributed by atoms with Crippen LogP contribution in [0.25, 0.3) is 0 Å². The smallest absolute Gasteiger partial charge is 0.0881 e. The molecule has 0 aliphatic carbocycles. The molecule has 0 amide bonds. The van der Waals surface area contributed by atoms with Crippen LogP contribution in [-0.2, 0) is 17.8 Å². The maximum atomic E-state index is 5.00. The third-order valence-electron chi connectivity index (χ3n) is 1.62. The fourth-order valence-electron chi connectivity index (χ4n) is 1.09. The van der Waals surface area contributed by atoms with Crippen LogP contribution in [0.4, 0.5) is 0 Å². The van der Waals surface area contributed by atoms with Crippen LogP contribution >= 0.6 is 0 Å². The van der Waals surface area contributed by atoms with Crippen molar-refractivity contribution in [3.8, 4) is 0 Å². The van der Waals surface area contributed by atoms with Gasteiger partial charge in [0.1, 0.15) is 0 Å². The van der Waals surface area contributed by atoms with Crippen LogP contribution in [0.2, 0.25) is 0 Å². The summed E-state index contributed by atoms with van der Waals surface area (Å²) in [5.74, 6) is 0. The Hall–Kier alpha value is -0.830. The van der Waals surface area contributed by atoms with Crippen molar-refractivity contribution in [1.82, 2.24) is 10.2 Å². The molecule has 3 nitrogen and oxygen atoms in total. The van der Waals surface area contributed by atoms with E-state index < -0.39 is 0 Å². The zero-order valence-electron chi connectivity index (χ0n) is 7.05. The van der Waals surface area contributed by atoms with Crippen molar-refractivity contribution in [3.05, 3.63) is 17.5 Å². The van der Waals surface area contributed by atoms with Gasteiger partial charge in [0.15, 0.2) is 0 Å². The van der Waals surface area contributed by atoms with Gasteiger partial charge in [0.05, 0.1) is 18.5 Å². The van der Waals surface area contributed by atoms with Crippen LogP contribution in [0.1, 0.15) is 24.6 Å². The first-order chi connectivity index (χ1) is 5.38. The van der Waals surface area contributed by atoms with E-state index in [9.17, 15) is 0 Å². The van der Waals surface area contributed by atoms with Gasteiger partial charge in [0.2, 0.25) is 0 Å². The summed E-state index contributed by atoms with van der Waals surface area (Å²) >= 11 is 0. The Morgan fingerprint density at radius 3 is 3.09 bits per heavy atom. The van der Waals surface area contributed by atoms with Gasteiger partial charge in [-0.15, -0.1) is 0 Å². The number of methoxy groups -OCH3 is 1. The highest BCUT2D eigenvalue weighted by molar-refractivity contribution is 5.15. The second-order valence-corrected chi connectivity index (χ2v) is 2.56. The van der Waals surface area contributed by atoms with Gasteiger partial charge in [-0.3, -0.25) is 5.10 Å². The molecule has 1 N–H and O–H groups in total. The number of aromatic amines is 1. The molecule has 0 saturated carbocycles. The first kappa shape index (κ1) is 8.27. The molecule has 1 heterocycles. The molecule has 1 aromatic rings. The Morgan fingerprint density at radius 1 is 1.64 bits per heavy atom. The van der Waals surface area contributed by atoms with Crippen molar-refractivity contribution in [3.63, 3.8) is 0 Å². The lowest BCUT2D eigenvalue weighted by atomic mass is 10.1. The number of H-pyrrole nitrogens is 1. The first-order valence-electron chi connectivity index (χ1n) is 3.88. The number of aromatic nitrogens is 2. The number of hydrogen-bond acceptors (Lipinski definition) is 2. The normalized spacial score (nSPS) is 10.4. The van der Waals surface area contributed by atoms with Gasteiger partial charge < -0.3 is 4.74 Å². The largest absolute Gasteiger partial charge is 0.378 e. The molecule has 1 aromatic heterocycles. The summed E-state index contributed by atoms with van der Waals surface area (Å²) in [6, 6.07) is 0. The van der Waals surface area contributed by atoms with Crippen LogP contribution in [-0.4, -0.2) is 17.3 Å². The van der Waals surface area contributed by atoms with Gasteiger partial charge in [0.25, 0.3) is 0 Å². The van der Waals surface area contributed by atoms with E-state index in [2.05, 4.69) is 17.1 Å². The number of ether oxygens (including phenoxy) is 1. The molecule has 0 fully saturated rings. The van der Waals surface area contributed by atoms with Crippen LogP contribution in [0.15, 0.2) is 6.20 Å². The van der Waals surface area contributed by atoms with E-state index in [1.54, 1.807) is 7.11 Å². The quantitative estimate of drug-likeness (QED) is 0.713. The minimum Gasteiger partial charge on any atom is -0.378 e. The second-order valence-electron chi connectivity index (χ2n) is 2.56. The third-order valence-corrected chi connectivity index (χ3v) is 1.62. The molecule has 0 spiro atoms. The van der Waals surface area contributed by atoms with Crippen LogP contribution in [0, 0.1) is 0 Å².